The quantitative estimate of drug-likeness (QED) is 0.474. The first-order valence-electron chi connectivity index (χ1n) is 11.3. The Kier molecular flexibility index (Phi) is 6.94. The molecule has 0 unspecified atom stereocenters. The number of carboxylic acids is 1. The van der Waals surface area contributed by atoms with E-state index in [1.807, 2.05) is 61.5 Å². The van der Waals surface area contributed by atoms with Crippen molar-refractivity contribution in [2.24, 2.45) is 0 Å². The summed E-state index contributed by atoms with van der Waals surface area (Å²) in [6, 6.07) is 21.1. The summed E-state index contributed by atoms with van der Waals surface area (Å²) < 4.78 is 6.25. The molecule has 0 spiro atoms. The average Bonchev–Trinajstić information content (AvgIpc) is 3.12. The smallest absolute Gasteiger partial charge is 0.323 e. The van der Waals surface area contributed by atoms with Gasteiger partial charge in [0.1, 0.15) is 17.9 Å². The largest absolute Gasteiger partial charge is 0.487 e. The first-order chi connectivity index (χ1) is 16.2. The number of ether oxygens (including phenoxy) is 1. The minimum Gasteiger partial charge on any atom is -0.487 e. The van der Waals surface area contributed by atoms with Gasteiger partial charge in [-0.05, 0) is 67.3 Å². The van der Waals surface area contributed by atoms with Gasteiger partial charge in [0.2, 0.25) is 0 Å². The number of carbonyl (C=O) groups is 2. The van der Waals surface area contributed by atoms with Crippen molar-refractivity contribution in [3.63, 3.8) is 0 Å². The highest BCUT2D eigenvalue weighted by Gasteiger charge is 2.35. The van der Waals surface area contributed by atoms with Gasteiger partial charge in [0.05, 0.1) is 0 Å². The van der Waals surface area contributed by atoms with E-state index in [0.29, 0.717) is 36.4 Å². The Morgan fingerprint density at radius 1 is 1.06 bits per heavy atom. The third-order valence-corrected chi connectivity index (χ3v) is 6.34. The molecule has 1 heterocycles. The molecule has 6 heteroatoms. The van der Waals surface area contributed by atoms with Crippen LogP contribution in [0.5, 0.6) is 5.75 Å². The highest BCUT2D eigenvalue weighted by atomic mass is 35.5. The summed E-state index contributed by atoms with van der Waals surface area (Å²) in [7, 11) is 0. The highest BCUT2D eigenvalue weighted by Crippen LogP contribution is 2.37. The topological polar surface area (TPSA) is 66.8 Å². The highest BCUT2D eigenvalue weighted by molar-refractivity contribution is 6.30. The molecule has 5 nitrogen and oxygen atoms in total. The van der Waals surface area contributed by atoms with Gasteiger partial charge in [-0.2, -0.15) is 0 Å². The van der Waals surface area contributed by atoms with E-state index in [-0.39, 0.29) is 12.5 Å². The van der Waals surface area contributed by atoms with Crippen LogP contribution in [0.15, 0.2) is 66.7 Å². The number of fused-ring (bicyclic) bond motifs is 1. The third kappa shape index (κ3) is 5.78. The Balaban J connectivity index is 1.48. The van der Waals surface area contributed by atoms with Gasteiger partial charge in [-0.3, -0.25) is 9.59 Å². The fourth-order valence-electron chi connectivity index (χ4n) is 4.52. The van der Waals surface area contributed by atoms with Gasteiger partial charge in [0.25, 0.3) is 5.91 Å². The predicted molar refractivity (Wildman–Crippen MR) is 133 cm³/mol. The molecule has 4 rings (SSSR count). The van der Waals surface area contributed by atoms with Crippen LogP contribution in [-0.4, -0.2) is 40.6 Å². The average molecular weight is 478 g/mol. The zero-order valence-corrected chi connectivity index (χ0v) is 20.1. The number of amides is 1. The molecule has 1 amide bonds. The number of nitrogens with zero attached hydrogens (tertiary/aromatic N) is 1. The maximum atomic E-state index is 13.3. The van der Waals surface area contributed by atoms with E-state index < -0.39 is 11.6 Å². The van der Waals surface area contributed by atoms with Crippen molar-refractivity contribution in [3.05, 3.63) is 99.6 Å². The molecule has 1 aliphatic heterocycles. The summed E-state index contributed by atoms with van der Waals surface area (Å²) >= 11 is 6.00. The van der Waals surface area contributed by atoms with Crippen molar-refractivity contribution >= 4 is 23.5 Å². The lowest BCUT2D eigenvalue weighted by Gasteiger charge is -2.24. The van der Waals surface area contributed by atoms with Crippen molar-refractivity contribution in [3.8, 4) is 5.75 Å². The van der Waals surface area contributed by atoms with Crippen LogP contribution >= 0.6 is 11.6 Å². The number of benzene rings is 3. The molecule has 0 saturated carbocycles. The fourth-order valence-corrected chi connectivity index (χ4v) is 4.64. The fraction of sp³-hybridized carbons (Fsp3) is 0.286. The molecule has 1 atom stereocenters. The minimum atomic E-state index is -1.03. The maximum Gasteiger partial charge on any atom is 0.323 e. The first-order valence-corrected chi connectivity index (χ1v) is 11.7. The normalized spacial score (nSPS) is 16.6. The molecule has 3 aromatic carbocycles. The van der Waals surface area contributed by atoms with Crippen molar-refractivity contribution in [1.82, 2.24) is 4.90 Å². The monoisotopic (exact) mass is 477 g/mol. The summed E-state index contributed by atoms with van der Waals surface area (Å²) in [4.78, 5) is 26.1. The summed E-state index contributed by atoms with van der Waals surface area (Å²) in [5, 5.41) is 10.1. The molecule has 0 bridgehead atoms. The van der Waals surface area contributed by atoms with Gasteiger partial charge in [0.15, 0.2) is 0 Å². The summed E-state index contributed by atoms with van der Waals surface area (Å²) in [6.45, 7) is 4.06. The summed E-state index contributed by atoms with van der Waals surface area (Å²) in [5.74, 6) is -0.556. The minimum absolute atomic E-state index is 0.288. The van der Waals surface area contributed by atoms with Gasteiger partial charge in [0, 0.05) is 30.0 Å². The molecule has 0 aromatic heterocycles. The van der Waals surface area contributed by atoms with Crippen LogP contribution in [0.4, 0.5) is 0 Å². The van der Waals surface area contributed by atoms with Crippen LogP contribution in [0.2, 0.25) is 5.02 Å². The molecule has 34 heavy (non-hydrogen) atoms. The van der Waals surface area contributed by atoms with Crippen molar-refractivity contribution in [2.45, 2.75) is 38.7 Å². The zero-order valence-electron chi connectivity index (χ0n) is 19.4. The molecule has 3 aromatic rings. The second-order valence-electron chi connectivity index (χ2n) is 9.21. The van der Waals surface area contributed by atoms with E-state index in [0.717, 1.165) is 28.0 Å². The Labute approximate surface area is 204 Å². The van der Waals surface area contributed by atoms with E-state index in [1.54, 1.807) is 6.07 Å². The van der Waals surface area contributed by atoms with Crippen LogP contribution in [0.3, 0.4) is 0 Å². The zero-order chi connectivity index (χ0) is 24.3. The van der Waals surface area contributed by atoms with Gasteiger partial charge >= 0.3 is 5.97 Å². The van der Waals surface area contributed by atoms with E-state index in [9.17, 15) is 14.7 Å². The predicted octanol–water partition coefficient (Wildman–Crippen LogP) is 5.35. The number of hydrogen-bond donors (Lipinski definition) is 1. The lowest BCUT2D eigenvalue weighted by Crippen LogP contribution is -2.37. The number of halogens is 1. The van der Waals surface area contributed by atoms with Crippen LogP contribution in [0.25, 0.3) is 0 Å². The Bertz CT molecular complexity index is 1210. The Morgan fingerprint density at radius 3 is 2.53 bits per heavy atom. The maximum absolute atomic E-state index is 13.3. The molecule has 0 aliphatic carbocycles. The van der Waals surface area contributed by atoms with Gasteiger partial charge in [-0.15, -0.1) is 0 Å². The molecular weight excluding hydrogens is 450 g/mol. The number of carbonyl (C=O) groups excluding carboxylic acids is 1. The van der Waals surface area contributed by atoms with Crippen LogP contribution in [0.1, 0.15) is 39.5 Å². The summed E-state index contributed by atoms with van der Waals surface area (Å²) in [5.41, 5.74) is 4.33. The lowest BCUT2D eigenvalue weighted by atomic mass is 9.91. The number of carboxylic acid groups (broad SMARTS) is 1. The van der Waals surface area contributed by atoms with E-state index >= 15 is 0 Å². The van der Waals surface area contributed by atoms with Crippen molar-refractivity contribution < 1.29 is 19.4 Å². The van der Waals surface area contributed by atoms with Gasteiger partial charge in [-0.25, -0.2) is 0 Å². The molecular formula is C28H28ClNO4. The second-order valence-corrected chi connectivity index (χ2v) is 9.65. The first kappa shape index (κ1) is 23.8. The van der Waals surface area contributed by atoms with Crippen LogP contribution in [-0.2, 0) is 24.1 Å². The Hall–Kier alpha value is -3.31. The standard InChI is InChI=1S/C28H28ClNO4/c1-19-4-3-5-20(14-19)12-13-30(18-26(31)32)27(33)22-8-11-25-23(15-22)17-28(2,34-25)16-21-6-9-24(29)10-7-21/h3-11,14-15H,12-13,16-18H2,1-2H3,(H,31,32)/t28-/m0/s1. The van der Waals surface area contributed by atoms with E-state index in [4.69, 9.17) is 16.3 Å². The van der Waals surface area contributed by atoms with E-state index in [2.05, 4.69) is 13.0 Å². The third-order valence-electron chi connectivity index (χ3n) is 6.09. The SMILES string of the molecule is Cc1cccc(CCN(CC(=O)O)C(=O)c2ccc3c(c2)C[C@](C)(Cc2ccc(Cl)cc2)O3)c1. The molecule has 0 saturated heterocycles. The second kappa shape index (κ2) is 9.90. The van der Waals surface area contributed by atoms with Gasteiger partial charge < -0.3 is 14.7 Å². The molecule has 0 radical (unpaired) electrons. The molecule has 0 fully saturated rings. The molecule has 176 valence electrons. The lowest BCUT2D eigenvalue weighted by molar-refractivity contribution is -0.137. The molecule has 1 aliphatic rings. The Morgan fingerprint density at radius 2 is 1.82 bits per heavy atom. The number of rotatable bonds is 8. The van der Waals surface area contributed by atoms with Crippen LogP contribution in [0, 0.1) is 6.92 Å². The van der Waals surface area contributed by atoms with Crippen molar-refractivity contribution in [2.75, 3.05) is 13.1 Å². The number of hydrogen-bond acceptors (Lipinski definition) is 3. The van der Waals surface area contributed by atoms with Crippen LogP contribution < -0.4 is 4.74 Å². The van der Waals surface area contributed by atoms with Gasteiger partial charge in [-0.1, -0.05) is 53.6 Å². The number of aliphatic carboxylic acids is 1. The molecule has 1 N–H and O–H groups in total. The summed E-state index contributed by atoms with van der Waals surface area (Å²) in [6.07, 6.45) is 1.96. The van der Waals surface area contributed by atoms with Crippen molar-refractivity contribution in [1.29, 1.82) is 0 Å². The van der Waals surface area contributed by atoms with E-state index in [1.165, 1.54) is 4.90 Å². The number of aryl methyl sites for hydroxylation is 1.